The molecule has 162 valence electrons. The van der Waals surface area contributed by atoms with Crippen molar-refractivity contribution in [3.63, 3.8) is 0 Å². The average Bonchev–Trinajstić information content (AvgIpc) is 3.32. The van der Waals surface area contributed by atoms with E-state index in [1.54, 1.807) is 0 Å². The van der Waals surface area contributed by atoms with E-state index in [1.165, 1.54) is 15.9 Å². The molecular formula is C25H23N3O3S. The van der Waals surface area contributed by atoms with Gasteiger partial charge in [0, 0.05) is 11.1 Å². The molecule has 2 aromatic carbocycles. The fourth-order valence-corrected chi connectivity index (χ4v) is 4.40. The molecule has 4 aromatic rings. The quantitative estimate of drug-likeness (QED) is 0.460. The average molecular weight is 446 g/mol. The lowest BCUT2D eigenvalue weighted by molar-refractivity contribution is 0.259. The first-order valence-electron chi connectivity index (χ1n) is 10.6. The van der Waals surface area contributed by atoms with E-state index in [9.17, 15) is 4.79 Å². The van der Waals surface area contributed by atoms with E-state index in [2.05, 4.69) is 30.0 Å². The van der Waals surface area contributed by atoms with Crippen molar-refractivity contribution in [1.29, 1.82) is 0 Å². The molecule has 0 amide bonds. The molecule has 6 nitrogen and oxygen atoms in total. The predicted octanol–water partition coefficient (Wildman–Crippen LogP) is 4.22. The molecule has 0 radical (unpaired) electrons. The van der Waals surface area contributed by atoms with E-state index in [0.29, 0.717) is 27.8 Å². The third-order valence-electron chi connectivity index (χ3n) is 5.19. The van der Waals surface area contributed by atoms with E-state index < -0.39 is 0 Å². The highest BCUT2D eigenvalue weighted by molar-refractivity contribution is 7.15. The standard InChI is InChI=1S/C25H23N3O3S/c1-15(2)14-30-20-10-8-17(9-11-20)23-26-25-28(27-23)24(29)22(32-25)13-19-12-18-6-4-5-7-21(18)31-16(19)3/h4-13,15-16H,14H2,1-3H3/b22-13-/t16-/m1/s1. The van der Waals surface area contributed by atoms with Gasteiger partial charge in [0.25, 0.3) is 5.56 Å². The zero-order chi connectivity index (χ0) is 22.2. The van der Waals surface area contributed by atoms with Crippen molar-refractivity contribution in [2.75, 3.05) is 6.61 Å². The number of para-hydroxylation sites is 1. The van der Waals surface area contributed by atoms with Crippen LogP contribution < -0.4 is 19.6 Å². The van der Waals surface area contributed by atoms with Crippen LogP contribution in [0.5, 0.6) is 11.5 Å². The molecule has 0 N–H and O–H groups in total. The molecule has 0 unspecified atom stereocenters. The zero-order valence-corrected chi connectivity index (χ0v) is 18.9. The van der Waals surface area contributed by atoms with Gasteiger partial charge in [0.2, 0.25) is 4.96 Å². The maximum Gasteiger partial charge on any atom is 0.291 e. The highest BCUT2D eigenvalue weighted by atomic mass is 32.1. The first-order valence-corrected chi connectivity index (χ1v) is 11.4. The van der Waals surface area contributed by atoms with Crippen LogP contribution in [-0.2, 0) is 0 Å². The summed E-state index contributed by atoms with van der Waals surface area (Å²) in [5.41, 5.74) is 2.62. The number of aromatic nitrogens is 3. The van der Waals surface area contributed by atoms with E-state index in [4.69, 9.17) is 9.47 Å². The predicted molar refractivity (Wildman–Crippen MR) is 127 cm³/mol. The molecule has 1 atom stereocenters. The van der Waals surface area contributed by atoms with Crippen molar-refractivity contribution in [3.05, 3.63) is 74.6 Å². The summed E-state index contributed by atoms with van der Waals surface area (Å²) < 4.78 is 13.7. The van der Waals surface area contributed by atoms with Gasteiger partial charge in [-0.3, -0.25) is 4.79 Å². The molecule has 0 saturated heterocycles. The molecule has 7 heteroatoms. The Hall–Kier alpha value is -3.45. The van der Waals surface area contributed by atoms with Crippen molar-refractivity contribution in [3.8, 4) is 22.9 Å². The number of hydrogen-bond donors (Lipinski definition) is 0. The Balaban J connectivity index is 1.45. The summed E-state index contributed by atoms with van der Waals surface area (Å²) >= 11 is 1.33. The highest BCUT2D eigenvalue weighted by Gasteiger charge is 2.18. The summed E-state index contributed by atoms with van der Waals surface area (Å²) in [4.78, 5) is 18.1. The summed E-state index contributed by atoms with van der Waals surface area (Å²) in [6.07, 6.45) is 3.80. The molecule has 1 aliphatic rings. The van der Waals surface area contributed by atoms with Crippen LogP contribution in [0.4, 0.5) is 0 Å². The summed E-state index contributed by atoms with van der Waals surface area (Å²) in [5, 5.41) is 4.45. The minimum atomic E-state index is -0.174. The molecule has 2 aromatic heterocycles. The second-order valence-electron chi connectivity index (χ2n) is 8.22. The Morgan fingerprint density at radius 3 is 2.72 bits per heavy atom. The molecule has 32 heavy (non-hydrogen) atoms. The van der Waals surface area contributed by atoms with Gasteiger partial charge in [0.05, 0.1) is 11.1 Å². The summed E-state index contributed by atoms with van der Waals surface area (Å²) in [7, 11) is 0. The number of nitrogens with zero attached hydrogens (tertiary/aromatic N) is 3. The maximum absolute atomic E-state index is 13.0. The van der Waals surface area contributed by atoms with Crippen LogP contribution in [0.25, 0.3) is 28.5 Å². The van der Waals surface area contributed by atoms with Gasteiger partial charge in [-0.25, -0.2) is 0 Å². The van der Waals surface area contributed by atoms with E-state index >= 15 is 0 Å². The van der Waals surface area contributed by atoms with E-state index in [1.807, 2.05) is 61.5 Å². The second kappa shape index (κ2) is 8.24. The van der Waals surface area contributed by atoms with Crippen molar-refractivity contribution < 1.29 is 9.47 Å². The smallest absolute Gasteiger partial charge is 0.291 e. The lowest BCUT2D eigenvalue weighted by Crippen LogP contribution is -2.26. The molecular weight excluding hydrogens is 422 g/mol. The Morgan fingerprint density at radius 2 is 1.97 bits per heavy atom. The Morgan fingerprint density at radius 1 is 1.19 bits per heavy atom. The normalized spacial score (nSPS) is 16.2. The summed E-state index contributed by atoms with van der Waals surface area (Å²) in [5.74, 6) is 2.65. The third-order valence-corrected chi connectivity index (χ3v) is 6.15. The molecule has 3 heterocycles. The van der Waals surface area contributed by atoms with Gasteiger partial charge in [0.15, 0.2) is 5.82 Å². The SMILES string of the molecule is CC(C)COc1ccc(-c2nc3s/c(=C\C4=Cc5ccccc5O[C@@H]4C)c(=O)n3n2)cc1. The number of hydrogen-bond acceptors (Lipinski definition) is 6. The minimum Gasteiger partial charge on any atom is -0.493 e. The van der Waals surface area contributed by atoms with Gasteiger partial charge in [-0.15, -0.1) is 5.10 Å². The summed E-state index contributed by atoms with van der Waals surface area (Å²) in [6.45, 7) is 6.87. The molecule has 0 fully saturated rings. The Kier molecular flexibility index (Phi) is 5.27. The van der Waals surface area contributed by atoms with Crippen molar-refractivity contribution in [1.82, 2.24) is 14.6 Å². The first-order chi connectivity index (χ1) is 15.5. The van der Waals surface area contributed by atoms with Crippen molar-refractivity contribution in [2.45, 2.75) is 26.9 Å². The van der Waals surface area contributed by atoms with Crippen LogP contribution in [0.1, 0.15) is 26.3 Å². The lowest BCUT2D eigenvalue weighted by Gasteiger charge is -2.22. The van der Waals surface area contributed by atoms with Crippen LogP contribution in [0.3, 0.4) is 0 Å². The molecule has 1 aliphatic heterocycles. The molecule has 0 bridgehead atoms. The first kappa shape index (κ1) is 20.5. The largest absolute Gasteiger partial charge is 0.493 e. The second-order valence-corrected chi connectivity index (χ2v) is 9.23. The van der Waals surface area contributed by atoms with Crippen LogP contribution in [0.2, 0.25) is 0 Å². The fraction of sp³-hybridized carbons (Fsp3) is 0.240. The Bertz CT molecular complexity index is 1420. The molecule has 5 rings (SSSR count). The minimum absolute atomic E-state index is 0.140. The summed E-state index contributed by atoms with van der Waals surface area (Å²) in [6, 6.07) is 15.5. The zero-order valence-electron chi connectivity index (χ0n) is 18.1. The van der Waals surface area contributed by atoms with Gasteiger partial charge in [-0.2, -0.15) is 9.50 Å². The monoisotopic (exact) mass is 445 g/mol. The van der Waals surface area contributed by atoms with Gasteiger partial charge >= 0.3 is 0 Å². The van der Waals surface area contributed by atoms with Gasteiger partial charge in [-0.1, -0.05) is 43.4 Å². The van der Waals surface area contributed by atoms with Gasteiger partial charge in [-0.05, 0) is 60.9 Å². The molecule has 0 saturated carbocycles. The van der Waals surface area contributed by atoms with Gasteiger partial charge in [0.1, 0.15) is 17.6 Å². The highest BCUT2D eigenvalue weighted by Crippen LogP contribution is 2.29. The Labute approximate surface area is 189 Å². The third kappa shape index (κ3) is 3.91. The van der Waals surface area contributed by atoms with Crippen LogP contribution in [0.15, 0.2) is 58.9 Å². The topological polar surface area (TPSA) is 65.7 Å². The maximum atomic E-state index is 13.0. The van der Waals surface area contributed by atoms with E-state index in [0.717, 1.165) is 28.2 Å². The van der Waals surface area contributed by atoms with Crippen molar-refractivity contribution >= 4 is 28.4 Å². The van der Waals surface area contributed by atoms with Crippen LogP contribution in [0, 0.1) is 5.92 Å². The lowest BCUT2D eigenvalue weighted by atomic mass is 10.0. The number of ether oxygens (including phenoxy) is 2. The van der Waals surface area contributed by atoms with Crippen molar-refractivity contribution in [2.24, 2.45) is 5.92 Å². The number of rotatable bonds is 5. The molecule has 0 aliphatic carbocycles. The molecule has 0 spiro atoms. The van der Waals surface area contributed by atoms with Crippen LogP contribution in [-0.4, -0.2) is 27.3 Å². The van der Waals surface area contributed by atoms with Crippen LogP contribution >= 0.6 is 11.3 Å². The van der Waals surface area contributed by atoms with Gasteiger partial charge < -0.3 is 9.47 Å². The number of thiazole rings is 1. The number of benzene rings is 2. The number of fused-ring (bicyclic) bond motifs is 2. The fourth-order valence-electron chi connectivity index (χ4n) is 3.49. The van der Waals surface area contributed by atoms with E-state index in [-0.39, 0.29) is 11.7 Å².